The van der Waals surface area contributed by atoms with Gasteiger partial charge in [-0.25, -0.2) is 0 Å². The van der Waals surface area contributed by atoms with Gasteiger partial charge in [0.25, 0.3) is 0 Å². The van der Waals surface area contributed by atoms with Crippen molar-refractivity contribution in [3.05, 3.63) is 65.5 Å². The molecule has 2 heteroatoms. The standard InChI is InChI=1S/C17H22N2/c1-3-18-17(15-9-7-14(2)8-10-15)12-11-16-6-4-5-13-19-16/h4-10,13,17-18H,3,11-12H2,1-2H3. The Labute approximate surface area is 115 Å². The van der Waals surface area contributed by atoms with E-state index in [0.29, 0.717) is 6.04 Å². The van der Waals surface area contributed by atoms with Gasteiger partial charge in [0.1, 0.15) is 0 Å². The van der Waals surface area contributed by atoms with Crippen LogP contribution in [0.3, 0.4) is 0 Å². The van der Waals surface area contributed by atoms with E-state index in [4.69, 9.17) is 0 Å². The fourth-order valence-corrected chi connectivity index (χ4v) is 2.27. The zero-order valence-corrected chi connectivity index (χ0v) is 11.8. The monoisotopic (exact) mass is 254 g/mol. The van der Waals surface area contributed by atoms with Gasteiger partial charge in [-0.3, -0.25) is 4.98 Å². The maximum atomic E-state index is 4.39. The minimum Gasteiger partial charge on any atom is -0.310 e. The molecule has 2 nitrogen and oxygen atoms in total. The van der Waals surface area contributed by atoms with E-state index in [2.05, 4.69) is 60.5 Å². The van der Waals surface area contributed by atoms with Gasteiger partial charge >= 0.3 is 0 Å². The molecule has 0 spiro atoms. The van der Waals surface area contributed by atoms with E-state index in [1.54, 1.807) is 0 Å². The van der Waals surface area contributed by atoms with E-state index in [1.165, 1.54) is 11.1 Å². The van der Waals surface area contributed by atoms with Crippen LogP contribution in [0.2, 0.25) is 0 Å². The van der Waals surface area contributed by atoms with Crippen molar-refractivity contribution >= 4 is 0 Å². The second kappa shape index (κ2) is 7.05. The topological polar surface area (TPSA) is 24.9 Å². The first-order chi connectivity index (χ1) is 9.29. The van der Waals surface area contributed by atoms with Crippen molar-refractivity contribution in [3.63, 3.8) is 0 Å². The van der Waals surface area contributed by atoms with Gasteiger partial charge in [-0.2, -0.15) is 0 Å². The van der Waals surface area contributed by atoms with Gasteiger partial charge in [0.2, 0.25) is 0 Å². The molecule has 2 rings (SSSR count). The minimum absolute atomic E-state index is 0.410. The van der Waals surface area contributed by atoms with Gasteiger partial charge in [-0.1, -0.05) is 42.8 Å². The van der Waals surface area contributed by atoms with E-state index >= 15 is 0 Å². The highest BCUT2D eigenvalue weighted by Gasteiger charge is 2.10. The maximum absolute atomic E-state index is 4.39. The highest BCUT2D eigenvalue weighted by Crippen LogP contribution is 2.19. The number of aromatic nitrogens is 1. The van der Waals surface area contributed by atoms with Crippen molar-refractivity contribution < 1.29 is 0 Å². The summed E-state index contributed by atoms with van der Waals surface area (Å²) in [5.74, 6) is 0. The van der Waals surface area contributed by atoms with Crippen LogP contribution in [-0.4, -0.2) is 11.5 Å². The van der Waals surface area contributed by atoms with Crippen LogP contribution in [0.4, 0.5) is 0 Å². The Balaban J connectivity index is 2.02. The van der Waals surface area contributed by atoms with Crippen molar-refractivity contribution in [2.24, 2.45) is 0 Å². The number of nitrogens with one attached hydrogen (secondary N) is 1. The Kier molecular flexibility index (Phi) is 5.10. The highest BCUT2D eigenvalue weighted by atomic mass is 14.9. The Bertz CT molecular complexity index is 476. The molecule has 0 aliphatic heterocycles. The molecule has 0 amide bonds. The van der Waals surface area contributed by atoms with Crippen molar-refractivity contribution in [2.45, 2.75) is 32.7 Å². The molecule has 1 atom stereocenters. The van der Waals surface area contributed by atoms with E-state index in [1.807, 2.05) is 12.3 Å². The first-order valence-corrected chi connectivity index (χ1v) is 6.99. The van der Waals surface area contributed by atoms with Gasteiger partial charge in [0, 0.05) is 17.9 Å². The van der Waals surface area contributed by atoms with E-state index in [-0.39, 0.29) is 0 Å². The van der Waals surface area contributed by atoms with Gasteiger partial charge < -0.3 is 5.32 Å². The van der Waals surface area contributed by atoms with Crippen LogP contribution >= 0.6 is 0 Å². The zero-order valence-electron chi connectivity index (χ0n) is 11.8. The molecule has 1 aromatic heterocycles. The van der Waals surface area contributed by atoms with Crippen LogP contribution in [0, 0.1) is 6.92 Å². The van der Waals surface area contributed by atoms with Crippen molar-refractivity contribution in [2.75, 3.05) is 6.54 Å². The first kappa shape index (κ1) is 13.8. The predicted molar refractivity (Wildman–Crippen MR) is 80.2 cm³/mol. The molecule has 100 valence electrons. The number of pyridine rings is 1. The van der Waals surface area contributed by atoms with Crippen LogP contribution < -0.4 is 5.32 Å². The average Bonchev–Trinajstić information content (AvgIpc) is 2.46. The van der Waals surface area contributed by atoms with Crippen LogP contribution in [0.1, 0.15) is 36.2 Å². The number of rotatable bonds is 6. The summed E-state index contributed by atoms with van der Waals surface area (Å²) in [6.45, 7) is 5.27. The zero-order chi connectivity index (χ0) is 13.5. The minimum atomic E-state index is 0.410. The average molecular weight is 254 g/mol. The Morgan fingerprint density at radius 1 is 1.11 bits per heavy atom. The lowest BCUT2D eigenvalue weighted by Gasteiger charge is -2.18. The normalized spacial score (nSPS) is 12.3. The van der Waals surface area contributed by atoms with Crippen molar-refractivity contribution in [1.29, 1.82) is 0 Å². The second-order valence-electron chi connectivity index (χ2n) is 4.88. The Morgan fingerprint density at radius 2 is 1.89 bits per heavy atom. The Morgan fingerprint density at radius 3 is 2.53 bits per heavy atom. The summed E-state index contributed by atoms with van der Waals surface area (Å²) in [7, 11) is 0. The molecular weight excluding hydrogens is 232 g/mol. The summed E-state index contributed by atoms with van der Waals surface area (Å²) in [5.41, 5.74) is 3.84. The third-order valence-electron chi connectivity index (χ3n) is 3.35. The van der Waals surface area contributed by atoms with Crippen LogP contribution in [0.25, 0.3) is 0 Å². The van der Waals surface area contributed by atoms with Crippen LogP contribution in [0.5, 0.6) is 0 Å². The summed E-state index contributed by atoms with van der Waals surface area (Å²) in [6, 6.07) is 15.3. The number of nitrogens with zero attached hydrogens (tertiary/aromatic N) is 1. The van der Waals surface area contributed by atoms with E-state index in [9.17, 15) is 0 Å². The smallest absolute Gasteiger partial charge is 0.0404 e. The van der Waals surface area contributed by atoms with Crippen LogP contribution in [0.15, 0.2) is 48.7 Å². The fourth-order valence-electron chi connectivity index (χ4n) is 2.27. The number of hydrogen-bond donors (Lipinski definition) is 1. The molecule has 0 bridgehead atoms. The molecule has 0 saturated carbocycles. The Hall–Kier alpha value is -1.67. The second-order valence-corrected chi connectivity index (χ2v) is 4.88. The number of benzene rings is 1. The first-order valence-electron chi connectivity index (χ1n) is 6.99. The number of hydrogen-bond acceptors (Lipinski definition) is 2. The third-order valence-corrected chi connectivity index (χ3v) is 3.35. The SMILES string of the molecule is CCNC(CCc1ccccn1)c1ccc(C)cc1. The molecule has 1 N–H and O–H groups in total. The van der Waals surface area contributed by atoms with Crippen LogP contribution in [-0.2, 0) is 6.42 Å². The van der Waals surface area contributed by atoms with E-state index < -0.39 is 0 Å². The highest BCUT2D eigenvalue weighted by molar-refractivity contribution is 5.24. The molecule has 19 heavy (non-hydrogen) atoms. The summed E-state index contributed by atoms with van der Waals surface area (Å²) in [4.78, 5) is 4.39. The molecule has 1 aromatic carbocycles. The maximum Gasteiger partial charge on any atom is 0.0404 e. The molecule has 2 aromatic rings. The summed E-state index contributed by atoms with van der Waals surface area (Å²) in [6.07, 6.45) is 3.95. The summed E-state index contributed by atoms with van der Waals surface area (Å²) in [5, 5.41) is 3.56. The molecule has 0 aliphatic rings. The summed E-state index contributed by atoms with van der Waals surface area (Å²) >= 11 is 0. The lowest BCUT2D eigenvalue weighted by atomic mass is 9.99. The van der Waals surface area contributed by atoms with Crippen molar-refractivity contribution in [1.82, 2.24) is 10.3 Å². The van der Waals surface area contributed by atoms with Gasteiger partial charge in [0.15, 0.2) is 0 Å². The van der Waals surface area contributed by atoms with Gasteiger partial charge in [-0.05, 0) is 44.0 Å². The molecule has 0 radical (unpaired) electrons. The predicted octanol–water partition coefficient (Wildman–Crippen LogP) is 3.67. The summed E-state index contributed by atoms with van der Waals surface area (Å²) < 4.78 is 0. The largest absolute Gasteiger partial charge is 0.310 e. The van der Waals surface area contributed by atoms with E-state index in [0.717, 1.165) is 25.1 Å². The number of aryl methyl sites for hydroxylation is 2. The molecule has 1 heterocycles. The molecule has 0 saturated heterocycles. The van der Waals surface area contributed by atoms with Gasteiger partial charge in [-0.15, -0.1) is 0 Å². The fraction of sp³-hybridized carbons (Fsp3) is 0.353. The van der Waals surface area contributed by atoms with Gasteiger partial charge in [0.05, 0.1) is 0 Å². The molecular formula is C17H22N2. The quantitative estimate of drug-likeness (QED) is 0.850. The molecule has 0 aliphatic carbocycles. The third kappa shape index (κ3) is 4.18. The lowest BCUT2D eigenvalue weighted by Crippen LogP contribution is -2.21. The van der Waals surface area contributed by atoms with Crippen molar-refractivity contribution in [3.8, 4) is 0 Å². The lowest BCUT2D eigenvalue weighted by molar-refractivity contribution is 0.512. The molecule has 1 unspecified atom stereocenters. The molecule has 0 fully saturated rings.